The van der Waals surface area contributed by atoms with Gasteiger partial charge in [-0.2, -0.15) is 0 Å². The standard InChI is InChI=1S/C16H36N2O2/c1-6-16(7-2)18(11-13-19-5)15(4)14-17-10-9-12-20-8-3/h15-17H,6-14H2,1-5H3. The lowest BCUT2D eigenvalue weighted by Crippen LogP contribution is -2.47. The van der Waals surface area contributed by atoms with Gasteiger partial charge >= 0.3 is 0 Å². The van der Waals surface area contributed by atoms with Crippen LogP contribution in [0.2, 0.25) is 0 Å². The number of hydrogen-bond donors (Lipinski definition) is 1. The third kappa shape index (κ3) is 8.90. The SMILES string of the molecule is CCOCCCNCC(C)N(CCOC)C(CC)CC. The van der Waals surface area contributed by atoms with Gasteiger partial charge in [0.2, 0.25) is 0 Å². The van der Waals surface area contributed by atoms with E-state index in [1.807, 2.05) is 6.92 Å². The van der Waals surface area contributed by atoms with Crippen LogP contribution in [0.1, 0.15) is 47.0 Å². The Morgan fingerprint density at radius 3 is 2.35 bits per heavy atom. The topological polar surface area (TPSA) is 33.7 Å². The van der Waals surface area contributed by atoms with E-state index < -0.39 is 0 Å². The van der Waals surface area contributed by atoms with E-state index in [-0.39, 0.29) is 0 Å². The highest BCUT2D eigenvalue weighted by atomic mass is 16.5. The van der Waals surface area contributed by atoms with E-state index in [1.165, 1.54) is 12.8 Å². The van der Waals surface area contributed by atoms with Gasteiger partial charge < -0.3 is 14.8 Å². The molecule has 0 saturated heterocycles. The highest BCUT2D eigenvalue weighted by molar-refractivity contribution is 4.76. The lowest BCUT2D eigenvalue weighted by Gasteiger charge is -2.35. The average Bonchev–Trinajstić information content (AvgIpc) is 2.46. The van der Waals surface area contributed by atoms with Crippen LogP contribution in [0.5, 0.6) is 0 Å². The molecule has 122 valence electrons. The Hall–Kier alpha value is -0.160. The third-order valence-corrected chi connectivity index (χ3v) is 3.82. The van der Waals surface area contributed by atoms with Gasteiger partial charge in [0.15, 0.2) is 0 Å². The van der Waals surface area contributed by atoms with E-state index in [1.54, 1.807) is 7.11 Å². The van der Waals surface area contributed by atoms with Gasteiger partial charge in [0.25, 0.3) is 0 Å². The zero-order chi connectivity index (χ0) is 15.2. The first-order valence-electron chi connectivity index (χ1n) is 8.24. The summed E-state index contributed by atoms with van der Waals surface area (Å²) in [4.78, 5) is 2.58. The van der Waals surface area contributed by atoms with Gasteiger partial charge in [0.05, 0.1) is 6.61 Å². The molecule has 1 unspecified atom stereocenters. The Morgan fingerprint density at radius 1 is 1.10 bits per heavy atom. The first kappa shape index (κ1) is 19.8. The summed E-state index contributed by atoms with van der Waals surface area (Å²) >= 11 is 0. The normalized spacial score (nSPS) is 13.3. The van der Waals surface area contributed by atoms with Crippen LogP contribution in [0.3, 0.4) is 0 Å². The van der Waals surface area contributed by atoms with Crippen LogP contribution in [0.25, 0.3) is 0 Å². The third-order valence-electron chi connectivity index (χ3n) is 3.82. The maximum absolute atomic E-state index is 5.35. The predicted octanol–water partition coefficient (Wildman–Crippen LogP) is 2.53. The Morgan fingerprint density at radius 2 is 1.80 bits per heavy atom. The van der Waals surface area contributed by atoms with Crippen molar-refractivity contribution in [1.82, 2.24) is 10.2 Å². The van der Waals surface area contributed by atoms with Gasteiger partial charge in [-0.3, -0.25) is 4.90 Å². The van der Waals surface area contributed by atoms with Crippen LogP contribution in [-0.2, 0) is 9.47 Å². The first-order valence-corrected chi connectivity index (χ1v) is 8.24. The second-order valence-corrected chi connectivity index (χ2v) is 5.30. The van der Waals surface area contributed by atoms with E-state index in [0.29, 0.717) is 12.1 Å². The van der Waals surface area contributed by atoms with Gasteiger partial charge in [0, 0.05) is 45.5 Å². The molecule has 0 fully saturated rings. The number of nitrogens with zero attached hydrogens (tertiary/aromatic N) is 1. The minimum Gasteiger partial charge on any atom is -0.383 e. The van der Waals surface area contributed by atoms with E-state index >= 15 is 0 Å². The smallest absolute Gasteiger partial charge is 0.0589 e. The minimum absolute atomic E-state index is 0.544. The van der Waals surface area contributed by atoms with Crippen LogP contribution < -0.4 is 5.32 Å². The number of rotatable bonds is 14. The summed E-state index contributed by atoms with van der Waals surface area (Å²) in [7, 11) is 1.78. The second kappa shape index (κ2) is 13.8. The Balaban J connectivity index is 4.02. The first-order chi connectivity index (χ1) is 9.71. The fraction of sp³-hybridized carbons (Fsp3) is 1.00. The maximum atomic E-state index is 5.35. The van der Waals surface area contributed by atoms with Crippen molar-refractivity contribution in [3.8, 4) is 0 Å². The Labute approximate surface area is 126 Å². The quantitative estimate of drug-likeness (QED) is 0.498. The van der Waals surface area contributed by atoms with Crippen LogP contribution in [0, 0.1) is 0 Å². The zero-order valence-corrected chi connectivity index (χ0v) is 14.3. The zero-order valence-electron chi connectivity index (χ0n) is 14.3. The Bertz CT molecular complexity index is 199. The molecule has 0 aliphatic carbocycles. The van der Waals surface area contributed by atoms with Crippen LogP contribution in [-0.4, -0.2) is 63.5 Å². The maximum Gasteiger partial charge on any atom is 0.0589 e. The summed E-state index contributed by atoms with van der Waals surface area (Å²) in [6, 6.07) is 1.20. The summed E-state index contributed by atoms with van der Waals surface area (Å²) < 4.78 is 10.6. The molecule has 4 heteroatoms. The van der Waals surface area contributed by atoms with Crippen molar-refractivity contribution >= 4 is 0 Å². The van der Waals surface area contributed by atoms with E-state index in [0.717, 1.165) is 45.9 Å². The predicted molar refractivity (Wildman–Crippen MR) is 86.4 cm³/mol. The van der Waals surface area contributed by atoms with E-state index in [9.17, 15) is 0 Å². The van der Waals surface area contributed by atoms with Gasteiger partial charge in [-0.1, -0.05) is 13.8 Å². The lowest BCUT2D eigenvalue weighted by molar-refractivity contribution is 0.0846. The summed E-state index contributed by atoms with van der Waals surface area (Å²) in [5.41, 5.74) is 0. The number of nitrogens with one attached hydrogen (secondary N) is 1. The molecule has 0 bridgehead atoms. The van der Waals surface area contributed by atoms with Crippen molar-refractivity contribution in [3.05, 3.63) is 0 Å². The molecule has 0 heterocycles. The molecule has 0 aromatic rings. The van der Waals surface area contributed by atoms with Crippen molar-refractivity contribution in [1.29, 1.82) is 0 Å². The molecule has 0 spiro atoms. The van der Waals surface area contributed by atoms with Crippen molar-refractivity contribution in [2.45, 2.75) is 59.0 Å². The molecule has 4 nitrogen and oxygen atoms in total. The van der Waals surface area contributed by atoms with Gasteiger partial charge in [-0.05, 0) is 39.7 Å². The van der Waals surface area contributed by atoms with E-state index in [2.05, 4.69) is 31.0 Å². The second-order valence-electron chi connectivity index (χ2n) is 5.30. The molecule has 1 N–H and O–H groups in total. The van der Waals surface area contributed by atoms with Crippen molar-refractivity contribution in [2.24, 2.45) is 0 Å². The number of ether oxygens (including phenoxy) is 2. The van der Waals surface area contributed by atoms with Crippen molar-refractivity contribution < 1.29 is 9.47 Å². The van der Waals surface area contributed by atoms with Gasteiger partial charge in [-0.15, -0.1) is 0 Å². The largest absolute Gasteiger partial charge is 0.383 e. The summed E-state index contributed by atoms with van der Waals surface area (Å²) in [6.45, 7) is 14.5. The lowest BCUT2D eigenvalue weighted by atomic mass is 10.1. The highest BCUT2D eigenvalue weighted by Gasteiger charge is 2.20. The molecule has 0 aromatic carbocycles. The fourth-order valence-corrected chi connectivity index (χ4v) is 2.59. The molecular formula is C16H36N2O2. The fourth-order valence-electron chi connectivity index (χ4n) is 2.59. The molecule has 0 rings (SSSR count). The van der Waals surface area contributed by atoms with Crippen LogP contribution in [0.15, 0.2) is 0 Å². The summed E-state index contributed by atoms with van der Waals surface area (Å²) in [6.07, 6.45) is 3.49. The molecule has 0 aromatic heterocycles. The monoisotopic (exact) mass is 288 g/mol. The molecular weight excluding hydrogens is 252 g/mol. The van der Waals surface area contributed by atoms with Gasteiger partial charge in [-0.25, -0.2) is 0 Å². The molecule has 0 saturated carbocycles. The minimum atomic E-state index is 0.544. The van der Waals surface area contributed by atoms with Crippen LogP contribution >= 0.6 is 0 Å². The molecule has 1 atom stereocenters. The van der Waals surface area contributed by atoms with Crippen molar-refractivity contribution in [3.63, 3.8) is 0 Å². The molecule has 0 amide bonds. The molecule has 0 radical (unpaired) electrons. The average molecular weight is 288 g/mol. The highest BCUT2D eigenvalue weighted by Crippen LogP contribution is 2.12. The summed E-state index contributed by atoms with van der Waals surface area (Å²) in [5, 5.41) is 3.54. The molecule has 20 heavy (non-hydrogen) atoms. The van der Waals surface area contributed by atoms with Gasteiger partial charge in [0.1, 0.15) is 0 Å². The number of hydrogen-bond acceptors (Lipinski definition) is 4. The molecule has 0 aliphatic rings. The van der Waals surface area contributed by atoms with Crippen molar-refractivity contribution in [2.75, 3.05) is 46.6 Å². The molecule has 0 aliphatic heterocycles. The summed E-state index contributed by atoms with van der Waals surface area (Å²) in [5.74, 6) is 0. The van der Waals surface area contributed by atoms with Crippen LogP contribution in [0.4, 0.5) is 0 Å². The Kier molecular flexibility index (Phi) is 13.7. The van der Waals surface area contributed by atoms with E-state index in [4.69, 9.17) is 9.47 Å². The number of methoxy groups -OCH3 is 1.